The van der Waals surface area contributed by atoms with Gasteiger partial charge in [0, 0.05) is 26.2 Å². The summed E-state index contributed by atoms with van der Waals surface area (Å²) in [6, 6.07) is 0.0398. The Morgan fingerprint density at radius 2 is 2.42 bits per heavy atom. The van der Waals surface area contributed by atoms with Gasteiger partial charge in [0.2, 0.25) is 0 Å². The second-order valence-electron chi connectivity index (χ2n) is 4.67. The lowest BCUT2D eigenvalue weighted by atomic mass is 9.99. The van der Waals surface area contributed by atoms with Gasteiger partial charge >= 0.3 is 0 Å². The highest BCUT2D eigenvalue weighted by molar-refractivity contribution is 7.08. The molecule has 2 N–H and O–H groups in total. The van der Waals surface area contributed by atoms with Gasteiger partial charge in [-0.05, 0) is 30.8 Å². The number of likely N-dealkylation sites (tertiary alicyclic amines) is 1. The van der Waals surface area contributed by atoms with Crippen molar-refractivity contribution in [3.63, 3.8) is 0 Å². The summed E-state index contributed by atoms with van der Waals surface area (Å²) in [5.74, 6) is 0.0110. The third kappa shape index (κ3) is 2.93. The molecule has 1 aliphatic rings. The maximum Gasteiger partial charge on any atom is 0.267 e. The Balaban J connectivity index is 2.14. The third-order valence-corrected chi connectivity index (χ3v) is 4.37. The molecule has 19 heavy (non-hydrogen) atoms. The van der Waals surface area contributed by atoms with E-state index in [-0.39, 0.29) is 18.1 Å². The molecule has 2 unspecified atom stereocenters. The Bertz CT molecular complexity index is 437. The van der Waals surface area contributed by atoms with E-state index in [1.165, 1.54) is 11.5 Å². The minimum absolute atomic E-state index is 0.0110. The van der Waals surface area contributed by atoms with Crippen molar-refractivity contribution >= 4 is 17.4 Å². The minimum atomic E-state index is 0.0110. The fourth-order valence-corrected chi connectivity index (χ4v) is 3.16. The number of ether oxygens (including phenoxy) is 1. The first kappa shape index (κ1) is 14.4. The second-order valence-corrected chi connectivity index (χ2v) is 5.43. The van der Waals surface area contributed by atoms with Gasteiger partial charge in [0.05, 0.1) is 11.8 Å². The maximum absolute atomic E-state index is 12.6. The van der Waals surface area contributed by atoms with Crippen LogP contribution in [-0.4, -0.2) is 52.7 Å². The number of carbonyl (C=O) groups excluding carboxylic acids is 1. The summed E-state index contributed by atoms with van der Waals surface area (Å²) in [6.07, 6.45) is 2.57. The number of carbonyl (C=O) groups is 1. The van der Waals surface area contributed by atoms with E-state index in [0.29, 0.717) is 18.0 Å². The van der Waals surface area contributed by atoms with E-state index in [2.05, 4.69) is 9.59 Å². The average molecular weight is 284 g/mol. The standard InChI is InChI=1S/C12H20N4O2S/c1-3-10-11(19-15-14-10)12(17)16-5-4-9(18-2)6-8(16)7-13/h8-9H,3-7,13H2,1-2H3. The van der Waals surface area contributed by atoms with E-state index in [4.69, 9.17) is 10.5 Å². The largest absolute Gasteiger partial charge is 0.381 e. The minimum Gasteiger partial charge on any atom is -0.381 e. The molecule has 6 nitrogen and oxygen atoms in total. The second kappa shape index (κ2) is 6.40. The molecule has 7 heteroatoms. The van der Waals surface area contributed by atoms with Crippen LogP contribution in [0.3, 0.4) is 0 Å². The molecule has 1 aliphatic heterocycles. The first-order valence-electron chi connectivity index (χ1n) is 6.56. The molecule has 0 bridgehead atoms. The van der Waals surface area contributed by atoms with Crippen molar-refractivity contribution in [2.45, 2.75) is 38.3 Å². The summed E-state index contributed by atoms with van der Waals surface area (Å²) in [5, 5.41) is 4.00. The number of hydrogen-bond donors (Lipinski definition) is 1. The Morgan fingerprint density at radius 3 is 3.05 bits per heavy atom. The van der Waals surface area contributed by atoms with Crippen LogP contribution in [0.5, 0.6) is 0 Å². The van der Waals surface area contributed by atoms with Gasteiger partial charge in [-0.15, -0.1) is 5.10 Å². The van der Waals surface area contributed by atoms with Gasteiger partial charge in [-0.2, -0.15) is 0 Å². The highest BCUT2D eigenvalue weighted by Gasteiger charge is 2.33. The van der Waals surface area contributed by atoms with Crippen LogP contribution >= 0.6 is 11.5 Å². The summed E-state index contributed by atoms with van der Waals surface area (Å²) in [6.45, 7) is 3.12. The first-order valence-corrected chi connectivity index (χ1v) is 7.33. The zero-order chi connectivity index (χ0) is 13.8. The number of hydrogen-bond acceptors (Lipinski definition) is 6. The predicted molar refractivity (Wildman–Crippen MR) is 73.2 cm³/mol. The van der Waals surface area contributed by atoms with Crippen LogP contribution in [0.1, 0.15) is 35.1 Å². The highest BCUT2D eigenvalue weighted by atomic mass is 32.1. The number of methoxy groups -OCH3 is 1. The van der Waals surface area contributed by atoms with E-state index in [0.717, 1.165) is 25.0 Å². The summed E-state index contributed by atoms with van der Waals surface area (Å²) < 4.78 is 9.25. The number of nitrogens with zero attached hydrogens (tertiary/aromatic N) is 3. The van der Waals surface area contributed by atoms with Gasteiger partial charge in [0.15, 0.2) is 0 Å². The van der Waals surface area contributed by atoms with Gasteiger partial charge in [0.1, 0.15) is 4.88 Å². The Labute approximate surface area is 117 Å². The molecule has 1 amide bonds. The van der Waals surface area contributed by atoms with Crippen molar-refractivity contribution in [2.75, 3.05) is 20.2 Å². The van der Waals surface area contributed by atoms with E-state index in [1.807, 2.05) is 11.8 Å². The van der Waals surface area contributed by atoms with Crippen molar-refractivity contribution < 1.29 is 9.53 Å². The number of aryl methyl sites for hydroxylation is 1. The van der Waals surface area contributed by atoms with E-state index in [1.54, 1.807) is 7.11 Å². The van der Waals surface area contributed by atoms with Crippen molar-refractivity contribution in [3.8, 4) is 0 Å². The lowest BCUT2D eigenvalue weighted by Crippen LogP contribution is -2.51. The molecule has 0 aliphatic carbocycles. The fraction of sp³-hybridized carbons (Fsp3) is 0.750. The van der Waals surface area contributed by atoms with Crippen molar-refractivity contribution in [2.24, 2.45) is 5.73 Å². The molecule has 106 valence electrons. The van der Waals surface area contributed by atoms with Gasteiger partial charge in [-0.1, -0.05) is 11.4 Å². The molecule has 0 radical (unpaired) electrons. The van der Waals surface area contributed by atoms with Crippen LogP contribution in [0.15, 0.2) is 0 Å². The zero-order valence-corrected chi connectivity index (χ0v) is 12.2. The predicted octanol–water partition coefficient (Wildman–Crippen LogP) is 0.679. The molecule has 2 rings (SSSR count). The summed E-state index contributed by atoms with van der Waals surface area (Å²) in [5.41, 5.74) is 6.57. The van der Waals surface area contributed by atoms with Gasteiger partial charge in [-0.3, -0.25) is 4.79 Å². The lowest BCUT2D eigenvalue weighted by Gasteiger charge is -2.38. The maximum atomic E-state index is 12.6. The highest BCUT2D eigenvalue weighted by Crippen LogP contribution is 2.23. The van der Waals surface area contributed by atoms with Crippen molar-refractivity contribution in [1.29, 1.82) is 0 Å². The van der Waals surface area contributed by atoms with Crippen molar-refractivity contribution in [3.05, 3.63) is 10.6 Å². The quantitative estimate of drug-likeness (QED) is 0.879. The SMILES string of the molecule is CCc1nnsc1C(=O)N1CCC(OC)CC1CN. The normalized spacial score (nSPS) is 23.6. The molecule has 1 aromatic rings. The van der Waals surface area contributed by atoms with E-state index in [9.17, 15) is 4.79 Å². The molecule has 1 fully saturated rings. The van der Waals surface area contributed by atoms with Gasteiger partial charge in [0.25, 0.3) is 5.91 Å². The van der Waals surface area contributed by atoms with Crippen LogP contribution in [0.4, 0.5) is 0 Å². The molecule has 1 saturated heterocycles. The molecule has 0 spiro atoms. The van der Waals surface area contributed by atoms with Crippen LogP contribution < -0.4 is 5.73 Å². The monoisotopic (exact) mass is 284 g/mol. The van der Waals surface area contributed by atoms with Crippen LogP contribution in [0.2, 0.25) is 0 Å². The third-order valence-electron chi connectivity index (χ3n) is 3.62. The molecule has 1 aromatic heterocycles. The van der Waals surface area contributed by atoms with E-state index >= 15 is 0 Å². The van der Waals surface area contributed by atoms with Gasteiger partial charge in [-0.25, -0.2) is 0 Å². The smallest absolute Gasteiger partial charge is 0.267 e. The number of amides is 1. The Morgan fingerprint density at radius 1 is 1.63 bits per heavy atom. The molecule has 2 atom stereocenters. The number of nitrogens with two attached hydrogens (primary N) is 1. The first-order chi connectivity index (χ1) is 9.21. The summed E-state index contributed by atoms with van der Waals surface area (Å²) in [4.78, 5) is 15.1. The van der Waals surface area contributed by atoms with E-state index < -0.39 is 0 Å². The topological polar surface area (TPSA) is 81.3 Å². The molecule has 0 saturated carbocycles. The van der Waals surface area contributed by atoms with Crippen LogP contribution in [-0.2, 0) is 11.2 Å². The number of piperidine rings is 1. The Hall–Kier alpha value is -1.05. The van der Waals surface area contributed by atoms with Crippen molar-refractivity contribution in [1.82, 2.24) is 14.5 Å². The molecule has 2 heterocycles. The molecular formula is C12H20N4O2S. The van der Waals surface area contributed by atoms with Crippen LogP contribution in [0.25, 0.3) is 0 Å². The Kier molecular flexibility index (Phi) is 4.84. The summed E-state index contributed by atoms with van der Waals surface area (Å²) in [7, 11) is 1.71. The van der Waals surface area contributed by atoms with Gasteiger partial charge < -0.3 is 15.4 Å². The fourth-order valence-electron chi connectivity index (χ4n) is 2.45. The molecular weight excluding hydrogens is 264 g/mol. The lowest BCUT2D eigenvalue weighted by molar-refractivity contribution is 0.0141. The number of aromatic nitrogens is 2. The molecule has 0 aromatic carbocycles. The van der Waals surface area contributed by atoms with Crippen LogP contribution in [0, 0.1) is 0 Å². The number of rotatable bonds is 4. The average Bonchev–Trinajstić information content (AvgIpc) is 2.94. The summed E-state index contributed by atoms with van der Waals surface area (Å²) >= 11 is 1.17. The zero-order valence-electron chi connectivity index (χ0n) is 11.3.